The molecule has 0 saturated heterocycles. The molecule has 14 heavy (non-hydrogen) atoms. The van der Waals surface area contributed by atoms with Gasteiger partial charge in [0, 0.05) is 25.9 Å². The Morgan fingerprint density at radius 1 is 1.36 bits per heavy atom. The van der Waals surface area contributed by atoms with E-state index in [1.54, 1.807) is 30.2 Å². The van der Waals surface area contributed by atoms with Crippen LogP contribution in [0.1, 0.15) is 5.56 Å². The van der Waals surface area contributed by atoms with Crippen LogP contribution in [-0.4, -0.2) is 13.4 Å². The van der Waals surface area contributed by atoms with Crippen LogP contribution in [0.3, 0.4) is 0 Å². The predicted molar refractivity (Wildman–Crippen MR) is 64.9 cm³/mol. The van der Waals surface area contributed by atoms with Crippen LogP contribution in [0, 0.1) is 6.92 Å². The van der Waals surface area contributed by atoms with E-state index in [-0.39, 0.29) is 0 Å². The van der Waals surface area contributed by atoms with Crippen molar-refractivity contribution in [3.8, 4) is 5.75 Å². The molecule has 0 bridgehead atoms. The minimum absolute atomic E-state index is 0.978. The average Bonchev–Trinajstić information content (AvgIpc) is 2.62. The molecule has 74 valence electrons. The number of ether oxygens (including phenoxy) is 1. The summed E-state index contributed by atoms with van der Waals surface area (Å²) in [7, 11) is 1.72. The number of hydrogen-bond donors (Lipinski definition) is 0. The summed E-state index contributed by atoms with van der Waals surface area (Å²) in [5, 5.41) is 3.56. The van der Waals surface area contributed by atoms with Crippen LogP contribution < -0.4 is 4.74 Å². The fourth-order valence-electron chi connectivity index (χ4n) is 1.62. The Morgan fingerprint density at radius 3 is 2.79 bits per heavy atom. The Labute approximate surface area is 92.1 Å². The summed E-state index contributed by atoms with van der Waals surface area (Å²) in [6.45, 7) is 2.12. The molecule has 0 aliphatic carbocycles. The van der Waals surface area contributed by atoms with Crippen LogP contribution in [0.15, 0.2) is 22.4 Å². The van der Waals surface area contributed by atoms with Gasteiger partial charge >= 0.3 is 0 Å². The van der Waals surface area contributed by atoms with Gasteiger partial charge in [-0.3, -0.25) is 0 Å². The summed E-state index contributed by atoms with van der Waals surface area (Å²) in [6, 6.07) is 4.17. The lowest BCUT2D eigenvalue weighted by Gasteiger charge is -2.06. The Bertz CT molecular complexity index is 460. The topological polar surface area (TPSA) is 9.23 Å². The van der Waals surface area contributed by atoms with E-state index < -0.39 is 0 Å². The van der Waals surface area contributed by atoms with Crippen molar-refractivity contribution in [2.45, 2.75) is 11.8 Å². The van der Waals surface area contributed by atoms with Crippen LogP contribution in [0.4, 0.5) is 0 Å². The van der Waals surface area contributed by atoms with Crippen molar-refractivity contribution in [1.29, 1.82) is 0 Å². The van der Waals surface area contributed by atoms with Gasteiger partial charge < -0.3 is 4.74 Å². The molecular weight excluding hydrogens is 212 g/mol. The number of thiophene rings is 1. The molecule has 0 unspecified atom stereocenters. The summed E-state index contributed by atoms with van der Waals surface area (Å²) in [5.41, 5.74) is 1.25. The maximum atomic E-state index is 5.32. The van der Waals surface area contributed by atoms with Crippen LogP contribution in [0.5, 0.6) is 5.75 Å². The largest absolute Gasteiger partial charge is 0.496 e. The molecule has 1 heterocycles. The van der Waals surface area contributed by atoms with Gasteiger partial charge in [0.25, 0.3) is 0 Å². The maximum absolute atomic E-state index is 5.32. The smallest absolute Gasteiger partial charge is 0.122 e. The Balaban J connectivity index is 2.77. The summed E-state index contributed by atoms with van der Waals surface area (Å²) < 4.78 is 6.66. The number of aryl methyl sites for hydroxylation is 1. The number of benzene rings is 1. The van der Waals surface area contributed by atoms with E-state index >= 15 is 0 Å². The lowest BCUT2D eigenvalue weighted by atomic mass is 10.1. The second-order valence-electron chi connectivity index (χ2n) is 3.07. The SMILES string of the molecule is COc1ccc2scc(SC)c2c1C. The number of hydrogen-bond acceptors (Lipinski definition) is 3. The first kappa shape index (κ1) is 9.87. The third-order valence-corrected chi connectivity index (χ3v) is 4.21. The normalized spacial score (nSPS) is 10.8. The summed E-state index contributed by atoms with van der Waals surface area (Å²) >= 11 is 3.59. The van der Waals surface area contributed by atoms with E-state index in [1.807, 2.05) is 6.07 Å². The number of methoxy groups -OCH3 is 1. The van der Waals surface area contributed by atoms with E-state index in [0.29, 0.717) is 0 Å². The van der Waals surface area contributed by atoms with Gasteiger partial charge in [-0.1, -0.05) is 0 Å². The van der Waals surface area contributed by atoms with Crippen molar-refractivity contribution in [1.82, 2.24) is 0 Å². The molecule has 1 nitrogen and oxygen atoms in total. The van der Waals surface area contributed by atoms with Crippen molar-refractivity contribution < 1.29 is 4.74 Å². The Kier molecular flexibility index (Phi) is 2.70. The number of rotatable bonds is 2. The Morgan fingerprint density at radius 2 is 2.14 bits per heavy atom. The highest BCUT2D eigenvalue weighted by Crippen LogP contribution is 2.37. The van der Waals surface area contributed by atoms with Gasteiger partial charge in [-0.2, -0.15) is 0 Å². The van der Waals surface area contributed by atoms with Gasteiger partial charge in [-0.15, -0.1) is 23.1 Å². The van der Waals surface area contributed by atoms with Crippen LogP contribution in [0.25, 0.3) is 10.1 Å². The number of thioether (sulfide) groups is 1. The minimum Gasteiger partial charge on any atom is -0.496 e. The summed E-state index contributed by atoms with van der Waals surface area (Å²) in [6.07, 6.45) is 2.11. The first-order valence-corrected chi connectivity index (χ1v) is 6.47. The zero-order valence-corrected chi connectivity index (χ0v) is 10.1. The van der Waals surface area contributed by atoms with Crippen molar-refractivity contribution in [3.05, 3.63) is 23.1 Å². The standard InChI is InChI=1S/C11H12OS2/c1-7-8(12-2)4-5-9-11(7)10(13-3)6-14-9/h4-6H,1-3H3. The molecule has 0 aliphatic heterocycles. The third kappa shape index (κ3) is 1.41. The molecule has 0 amide bonds. The second-order valence-corrected chi connectivity index (χ2v) is 4.83. The molecule has 0 radical (unpaired) electrons. The first-order valence-electron chi connectivity index (χ1n) is 4.36. The molecule has 0 saturated carbocycles. The second kappa shape index (κ2) is 3.83. The van der Waals surface area contributed by atoms with Gasteiger partial charge in [0.05, 0.1) is 7.11 Å². The van der Waals surface area contributed by atoms with Crippen LogP contribution >= 0.6 is 23.1 Å². The average molecular weight is 224 g/mol. The molecule has 0 N–H and O–H groups in total. The predicted octanol–water partition coefficient (Wildman–Crippen LogP) is 3.94. The minimum atomic E-state index is 0.978. The summed E-state index contributed by atoms with van der Waals surface area (Å²) in [5.74, 6) is 0.978. The van der Waals surface area contributed by atoms with E-state index in [1.165, 1.54) is 20.5 Å². The highest BCUT2D eigenvalue weighted by atomic mass is 32.2. The highest BCUT2D eigenvalue weighted by Gasteiger charge is 2.09. The molecule has 0 aliphatic rings. The van der Waals surface area contributed by atoms with E-state index in [9.17, 15) is 0 Å². The summed E-state index contributed by atoms with van der Waals surface area (Å²) in [4.78, 5) is 1.35. The van der Waals surface area contributed by atoms with Crippen LogP contribution in [0.2, 0.25) is 0 Å². The molecule has 2 rings (SSSR count). The van der Waals surface area contributed by atoms with Crippen molar-refractivity contribution in [3.63, 3.8) is 0 Å². The van der Waals surface area contributed by atoms with Gasteiger partial charge in [0.15, 0.2) is 0 Å². The molecule has 1 aromatic heterocycles. The van der Waals surface area contributed by atoms with E-state index in [0.717, 1.165) is 5.75 Å². The van der Waals surface area contributed by atoms with E-state index in [2.05, 4.69) is 24.6 Å². The molecule has 3 heteroatoms. The van der Waals surface area contributed by atoms with Gasteiger partial charge in [-0.05, 0) is 25.3 Å². The van der Waals surface area contributed by atoms with Gasteiger partial charge in [0.1, 0.15) is 5.75 Å². The fourth-order valence-corrected chi connectivity index (χ4v) is 3.56. The maximum Gasteiger partial charge on any atom is 0.122 e. The molecule has 1 aromatic carbocycles. The lowest BCUT2D eigenvalue weighted by molar-refractivity contribution is 0.412. The van der Waals surface area contributed by atoms with Gasteiger partial charge in [-0.25, -0.2) is 0 Å². The van der Waals surface area contributed by atoms with Crippen LogP contribution in [-0.2, 0) is 0 Å². The monoisotopic (exact) mass is 224 g/mol. The van der Waals surface area contributed by atoms with E-state index in [4.69, 9.17) is 4.74 Å². The van der Waals surface area contributed by atoms with Crippen molar-refractivity contribution in [2.24, 2.45) is 0 Å². The highest BCUT2D eigenvalue weighted by molar-refractivity contribution is 7.99. The van der Waals surface area contributed by atoms with Crippen molar-refractivity contribution in [2.75, 3.05) is 13.4 Å². The molecular formula is C11H12OS2. The third-order valence-electron chi connectivity index (χ3n) is 2.36. The molecule has 0 spiro atoms. The molecule has 2 aromatic rings. The quantitative estimate of drug-likeness (QED) is 0.715. The first-order chi connectivity index (χ1) is 6.77. The fraction of sp³-hybridized carbons (Fsp3) is 0.273. The van der Waals surface area contributed by atoms with Gasteiger partial charge in [0.2, 0.25) is 0 Å². The number of fused-ring (bicyclic) bond motifs is 1. The Hall–Kier alpha value is -0.670. The zero-order chi connectivity index (χ0) is 10.1. The lowest BCUT2D eigenvalue weighted by Crippen LogP contribution is -1.86. The molecule has 0 atom stereocenters. The zero-order valence-electron chi connectivity index (χ0n) is 8.46. The van der Waals surface area contributed by atoms with Crippen molar-refractivity contribution >= 4 is 33.2 Å². The molecule has 0 fully saturated rings.